The number of amides is 3. The third kappa shape index (κ3) is 4.51. The van der Waals surface area contributed by atoms with E-state index < -0.39 is 6.04 Å². The van der Waals surface area contributed by atoms with Crippen molar-refractivity contribution in [1.82, 2.24) is 20.0 Å². The lowest BCUT2D eigenvalue weighted by atomic mass is 9.95. The van der Waals surface area contributed by atoms with Crippen molar-refractivity contribution in [3.8, 4) is 0 Å². The Labute approximate surface area is 149 Å². The van der Waals surface area contributed by atoms with Crippen LogP contribution in [-0.2, 0) is 11.3 Å². The van der Waals surface area contributed by atoms with Crippen LogP contribution < -0.4 is 5.32 Å². The molecule has 1 aromatic rings. The summed E-state index contributed by atoms with van der Waals surface area (Å²) in [6, 6.07) is 10.00. The standard InChI is InChI=1S/C19H28N4O2/c1-21(18(24)17-14-22(2)19(25)20-17)12-16-8-10-23(11-9-16)13-15-6-4-3-5-7-15/h3-7,16-17H,8-14H2,1-2H3,(H,20,25)/t17-/m0/s1. The molecule has 0 unspecified atom stereocenters. The lowest BCUT2D eigenvalue weighted by molar-refractivity contribution is -0.132. The van der Waals surface area contributed by atoms with Gasteiger partial charge < -0.3 is 15.1 Å². The highest BCUT2D eigenvalue weighted by Gasteiger charge is 2.33. The summed E-state index contributed by atoms with van der Waals surface area (Å²) in [5.74, 6) is 0.556. The largest absolute Gasteiger partial charge is 0.344 e. The summed E-state index contributed by atoms with van der Waals surface area (Å²) < 4.78 is 0. The van der Waals surface area contributed by atoms with Crippen LogP contribution in [0, 0.1) is 5.92 Å². The maximum atomic E-state index is 12.5. The monoisotopic (exact) mass is 344 g/mol. The number of likely N-dealkylation sites (N-methyl/N-ethyl adjacent to an activating group) is 2. The van der Waals surface area contributed by atoms with Gasteiger partial charge in [-0.3, -0.25) is 9.69 Å². The van der Waals surface area contributed by atoms with Crippen molar-refractivity contribution in [2.24, 2.45) is 5.92 Å². The number of nitrogens with zero attached hydrogens (tertiary/aromatic N) is 3. The van der Waals surface area contributed by atoms with Crippen LogP contribution in [-0.4, -0.2) is 73.0 Å². The third-order valence-corrected chi connectivity index (χ3v) is 5.26. The van der Waals surface area contributed by atoms with Gasteiger partial charge in [0.1, 0.15) is 6.04 Å². The second-order valence-corrected chi connectivity index (χ2v) is 7.31. The van der Waals surface area contributed by atoms with Crippen molar-refractivity contribution >= 4 is 11.9 Å². The van der Waals surface area contributed by atoms with E-state index in [4.69, 9.17) is 0 Å². The van der Waals surface area contributed by atoms with Gasteiger partial charge in [-0.25, -0.2) is 4.79 Å². The fourth-order valence-corrected chi connectivity index (χ4v) is 3.71. The number of carbonyl (C=O) groups excluding carboxylic acids is 2. The number of urea groups is 1. The van der Waals surface area contributed by atoms with Gasteiger partial charge in [-0.2, -0.15) is 0 Å². The topological polar surface area (TPSA) is 55.9 Å². The quantitative estimate of drug-likeness (QED) is 0.878. The molecule has 25 heavy (non-hydrogen) atoms. The van der Waals surface area contributed by atoms with Crippen molar-refractivity contribution < 1.29 is 9.59 Å². The predicted molar refractivity (Wildman–Crippen MR) is 97.0 cm³/mol. The van der Waals surface area contributed by atoms with Crippen LogP contribution in [0.1, 0.15) is 18.4 Å². The highest BCUT2D eigenvalue weighted by Crippen LogP contribution is 2.20. The molecular formula is C19H28N4O2. The average molecular weight is 344 g/mol. The highest BCUT2D eigenvalue weighted by atomic mass is 16.2. The Morgan fingerprint density at radius 2 is 1.92 bits per heavy atom. The number of benzene rings is 1. The number of rotatable bonds is 5. The Morgan fingerprint density at radius 3 is 2.52 bits per heavy atom. The minimum atomic E-state index is -0.402. The second kappa shape index (κ2) is 7.87. The molecule has 0 saturated carbocycles. The van der Waals surface area contributed by atoms with Crippen molar-refractivity contribution in [3.63, 3.8) is 0 Å². The number of likely N-dealkylation sites (tertiary alicyclic amines) is 1. The first-order chi connectivity index (χ1) is 12.0. The summed E-state index contributed by atoms with van der Waals surface area (Å²) in [7, 11) is 3.56. The maximum absolute atomic E-state index is 12.5. The molecule has 2 saturated heterocycles. The Balaban J connectivity index is 1.42. The predicted octanol–water partition coefficient (Wildman–Crippen LogP) is 1.38. The van der Waals surface area contributed by atoms with Gasteiger partial charge in [0.05, 0.1) is 6.54 Å². The number of hydrogen-bond acceptors (Lipinski definition) is 3. The van der Waals surface area contributed by atoms with Gasteiger partial charge in [0, 0.05) is 27.2 Å². The molecule has 2 fully saturated rings. The first kappa shape index (κ1) is 17.7. The van der Waals surface area contributed by atoms with Crippen molar-refractivity contribution in [2.75, 3.05) is 40.3 Å². The zero-order valence-corrected chi connectivity index (χ0v) is 15.1. The minimum Gasteiger partial charge on any atom is -0.344 e. The van der Waals surface area contributed by atoms with Gasteiger partial charge in [0.2, 0.25) is 5.91 Å². The minimum absolute atomic E-state index is 0.0180. The molecule has 1 aromatic carbocycles. The summed E-state index contributed by atoms with van der Waals surface area (Å²) in [5.41, 5.74) is 1.36. The van der Waals surface area contributed by atoms with E-state index in [0.29, 0.717) is 12.5 Å². The van der Waals surface area contributed by atoms with E-state index in [0.717, 1.165) is 39.0 Å². The van der Waals surface area contributed by atoms with Crippen LogP contribution in [0.3, 0.4) is 0 Å². The summed E-state index contributed by atoms with van der Waals surface area (Å²) in [4.78, 5) is 29.8. The van der Waals surface area contributed by atoms with Gasteiger partial charge in [-0.1, -0.05) is 30.3 Å². The smallest absolute Gasteiger partial charge is 0.317 e. The highest BCUT2D eigenvalue weighted by molar-refractivity contribution is 5.90. The van der Waals surface area contributed by atoms with E-state index in [-0.39, 0.29) is 11.9 Å². The SMILES string of the molecule is CN1C[C@@H](C(=O)N(C)CC2CCN(Cc3ccccc3)CC2)NC1=O. The third-order valence-electron chi connectivity index (χ3n) is 5.26. The second-order valence-electron chi connectivity index (χ2n) is 7.31. The summed E-state index contributed by atoms with van der Waals surface area (Å²) in [6.45, 7) is 4.38. The van der Waals surface area contributed by atoms with Crippen molar-refractivity contribution in [2.45, 2.75) is 25.4 Å². The van der Waals surface area contributed by atoms with Gasteiger partial charge in [-0.05, 0) is 37.4 Å². The molecule has 0 aromatic heterocycles. The van der Waals surface area contributed by atoms with E-state index in [2.05, 4.69) is 34.5 Å². The number of piperidine rings is 1. The summed E-state index contributed by atoms with van der Waals surface area (Å²) in [6.07, 6.45) is 2.22. The van der Waals surface area contributed by atoms with Gasteiger partial charge in [0.15, 0.2) is 0 Å². The molecule has 2 aliphatic rings. The van der Waals surface area contributed by atoms with Crippen LogP contribution in [0.25, 0.3) is 0 Å². The van der Waals surface area contributed by atoms with E-state index in [1.807, 2.05) is 13.1 Å². The van der Waals surface area contributed by atoms with Gasteiger partial charge >= 0.3 is 6.03 Å². The summed E-state index contributed by atoms with van der Waals surface area (Å²) >= 11 is 0. The van der Waals surface area contributed by atoms with Gasteiger partial charge in [-0.15, -0.1) is 0 Å². The lowest BCUT2D eigenvalue weighted by Gasteiger charge is -2.34. The number of hydrogen-bond donors (Lipinski definition) is 1. The molecule has 136 valence electrons. The number of nitrogens with one attached hydrogen (secondary N) is 1. The normalized spacial score (nSPS) is 22.1. The number of carbonyl (C=O) groups is 2. The Kier molecular flexibility index (Phi) is 5.58. The van der Waals surface area contributed by atoms with Crippen LogP contribution >= 0.6 is 0 Å². The molecule has 3 rings (SSSR count). The van der Waals surface area contributed by atoms with Crippen molar-refractivity contribution in [1.29, 1.82) is 0 Å². The molecule has 1 atom stereocenters. The molecule has 0 aliphatic carbocycles. The van der Waals surface area contributed by atoms with E-state index in [1.165, 1.54) is 5.56 Å². The molecule has 6 heteroatoms. The van der Waals surface area contributed by atoms with Crippen LogP contribution in [0.2, 0.25) is 0 Å². The van der Waals surface area contributed by atoms with E-state index in [1.54, 1.807) is 16.8 Å². The molecule has 6 nitrogen and oxygen atoms in total. The first-order valence-corrected chi connectivity index (χ1v) is 9.06. The van der Waals surface area contributed by atoms with E-state index >= 15 is 0 Å². The molecule has 3 amide bonds. The van der Waals surface area contributed by atoms with Crippen molar-refractivity contribution in [3.05, 3.63) is 35.9 Å². The summed E-state index contributed by atoms with van der Waals surface area (Å²) in [5, 5.41) is 2.74. The fraction of sp³-hybridized carbons (Fsp3) is 0.579. The molecule has 0 spiro atoms. The van der Waals surface area contributed by atoms with Crippen LogP contribution in [0.15, 0.2) is 30.3 Å². The molecule has 2 heterocycles. The molecule has 0 radical (unpaired) electrons. The Morgan fingerprint density at radius 1 is 1.24 bits per heavy atom. The maximum Gasteiger partial charge on any atom is 0.317 e. The molecular weight excluding hydrogens is 316 g/mol. The van der Waals surface area contributed by atoms with Crippen LogP contribution in [0.4, 0.5) is 4.79 Å². The Hall–Kier alpha value is -2.08. The molecule has 0 bridgehead atoms. The van der Waals surface area contributed by atoms with E-state index in [9.17, 15) is 9.59 Å². The molecule has 2 aliphatic heterocycles. The van der Waals surface area contributed by atoms with Gasteiger partial charge in [0.25, 0.3) is 0 Å². The average Bonchev–Trinajstić information content (AvgIpc) is 2.96. The zero-order valence-electron chi connectivity index (χ0n) is 15.1. The zero-order chi connectivity index (χ0) is 17.8. The lowest BCUT2D eigenvalue weighted by Crippen LogP contribution is -2.46. The first-order valence-electron chi connectivity index (χ1n) is 9.06. The fourth-order valence-electron chi connectivity index (χ4n) is 3.71. The Bertz CT molecular complexity index is 599. The van der Waals surface area contributed by atoms with Crippen LogP contribution in [0.5, 0.6) is 0 Å². The molecule has 1 N–H and O–H groups in total.